The van der Waals surface area contributed by atoms with Crippen LogP contribution in [0.1, 0.15) is 51.8 Å². The smallest absolute Gasteiger partial charge is 0.189 e. The van der Waals surface area contributed by atoms with Crippen molar-refractivity contribution in [3.63, 3.8) is 0 Å². The van der Waals surface area contributed by atoms with Gasteiger partial charge < -0.3 is 15.3 Å². The number of ketones is 3. The third-order valence-electron chi connectivity index (χ3n) is 4.19. The number of hydrogen-bond acceptors (Lipinski definition) is 6. The molecule has 0 heterocycles. The van der Waals surface area contributed by atoms with Crippen LogP contribution in [0, 0.1) is 35.6 Å². The topological polar surface area (TPSA) is 112 Å². The number of benzene rings is 3. The number of aliphatic hydroxyl groups excluding tert-OH is 3. The summed E-state index contributed by atoms with van der Waals surface area (Å²) in [6.07, 6.45) is 3.61. The Balaban J connectivity index is 0.000000518. The molecule has 0 fully saturated rings. The Morgan fingerprint density at radius 2 is 0.649 bits per heavy atom. The molecule has 3 N–H and O–H groups in total. The molecule has 189 valence electrons. The van der Waals surface area contributed by atoms with E-state index in [4.69, 9.17) is 15.3 Å². The SMILES string of the molecule is C/C(O)=C/C(=O)c1ccccc1.C/C(O)=C/C(=O)c1ccccc1.C/C(O)=C/C(=O)c1ccccc1.[La]. The average molecular weight is 625 g/mol. The van der Waals surface area contributed by atoms with Crippen LogP contribution in [0.3, 0.4) is 0 Å². The van der Waals surface area contributed by atoms with Gasteiger partial charge in [-0.3, -0.25) is 14.4 Å². The van der Waals surface area contributed by atoms with E-state index in [9.17, 15) is 14.4 Å². The molecule has 0 saturated carbocycles. The van der Waals surface area contributed by atoms with Crippen molar-refractivity contribution in [1.29, 1.82) is 0 Å². The van der Waals surface area contributed by atoms with Gasteiger partial charge in [0.25, 0.3) is 0 Å². The predicted molar refractivity (Wildman–Crippen MR) is 141 cm³/mol. The van der Waals surface area contributed by atoms with Crippen molar-refractivity contribution >= 4 is 17.3 Å². The second-order valence-electron chi connectivity index (χ2n) is 7.55. The van der Waals surface area contributed by atoms with Crippen molar-refractivity contribution in [1.82, 2.24) is 0 Å². The van der Waals surface area contributed by atoms with Crippen LogP contribution < -0.4 is 0 Å². The van der Waals surface area contributed by atoms with Gasteiger partial charge in [0.1, 0.15) is 0 Å². The first kappa shape index (κ1) is 33.5. The summed E-state index contributed by atoms with van der Waals surface area (Å²) in [5.74, 6) is -0.418. The number of carbonyl (C=O) groups excluding carboxylic acids is 3. The van der Waals surface area contributed by atoms with Crippen LogP contribution in [0.25, 0.3) is 0 Å². The van der Waals surface area contributed by atoms with Gasteiger partial charge in [-0.15, -0.1) is 0 Å². The van der Waals surface area contributed by atoms with Crippen molar-refractivity contribution in [2.45, 2.75) is 20.8 Å². The van der Waals surface area contributed by atoms with E-state index in [1.54, 1.807) is 72.8 Å². The average Bonchev–Trinajstić information content (AvgIpc) is 2.85. The van der Waals surface area contributed by atoms with Gasteiger partial charge in [-0.25, -0.2) is 0 Å². The van der Waals surface area contributed by atoms with E-state index in [2.05, 4.69) is 0 Å². The van der Waals surface area contributed by atoms with Gasteiger partial charge in [0, 0.05) is 70.5 Å². The maximum absolute atomic E-state index is 11.2. The molecule has 0 aliphatic rings. The zero-order valence-corrected chi connectivity index (χ0v) is 24.7. The fourth-order valence-corrected chi connectivity index (χ4v) is 2.63. The van der Waals surface area contributed by atoms with Crippen LogP contribution >= 0.6 is 0 Å². The van der Waals surface area contributed by atoms with E-state index in [0.717, 1.165) is 0 Å². The van der Waals surface area contributed by atoms with E-state index in [1.807, 2.05) is 18.2 Å². The van der Waals surface area contributed by atoms with E-state index in [0.29, 0.717) is 16.7 Å². The molecule has 0 atom stereocenters. The Morgan fingerprint density at radius 1 is 0.459 bits per heavy atom. The molecule has 0 amide bonds. The van der Waals surface area contributed by atoms with Crippen molar-refractivity contribution in [2.75, 3.05) is 0 Å². The van der Waals surface area contributed by atoms with Gasteiger partial charge in [-0.05, 0) is 20.8 Å². The monoisotopic (exact) mass is 625 g/mol. The molecule has 0 spiro atoms. The fourth-order valence-electron chi connectivity index (χ4n) is 2.63. The van der Waals surface area contributed by atoms with Crippen LogP contribution in [0.4, 0.5) is 0 Å². The first-order chi connectivity index (χ1) is 17.1. The number of rotatable bonds is 6. The standard InChI is InChI=1S/3C10H10O2.La/c3*1-8(11)7-10(12)9-5-3-2-4-6-9;/h3*2-7,11H,1H3;/b3*8-7-;. The third-order valence-corrected chi connectivity index (χ3v) is 4.19. The van der Waals surface area contributed by atoms with Crippen molar-refractivity contribution < 1.29 is 65.3 Å². The normalized spacial score (nSPS) is 10.9. The fraction of sp³-hybridized carbons (Fsp3) is 0.100. The Kier molecular flexibility index (Phi) is 16.9. The maximum atomic E-state index is 11.2. The summed E-state index contributed by atoms with van der Waals surface area (Å²) in [6, 6.07) is 26.5. The quantitative estimate of drug-likeness (QED) is 0.155. The van der Waals surface area contributed by atoms with E-state index < -0.39 is 0 Å². The number of aliphatic hydroxyl groups is 3. The minimum atomic E-state index is -0.171. The number of hydrogen-bond donors (Lipinski definition) is 3. The Hall–Kier alpha value is -3.52. The summed E-state index contributed by atoms with van der Waals surface area (Å²) in [5, 5.41) is 26.5. The van der Waals surface area contributed by atoms with Gasteiger partial charge in [-0.1, -0.05) is 91.0 Å². The zero-order chi connectivity index (χ0) is 26.9. The molecule has 6 nitrogen and oxygen atoms in total. The summed E-state index contributed by atoms with van der Waals surface area (Å²) in [5.41, 5.74) is 1.77. The summed E-state index contributed by atoms with van der Waals surface area (Å²) in [4.78, 5) is 33.7. The van der Waals surface area contributed by atoms with Crippen LogP contribution in [0.5, 0.6) is 0 Å². The molecule has 3 aromatic rings. The van der Waals surface area contributed by atoms with Crippen LogP contribution in [-0.4, -0.2) is 32.7 Å². The molecule has 37 heavy (non-hydrogen) atoms. The summed E-state index contributed by atoms with van der Waals surface area (Å²) in [7, 11) is 0. The molecule has 0 aliphatic heterocycles. The Bertz CT molecular complexity index is 1050. The second kappa shape index (κ2) is 18.7. The molecule has 1 radical (unpaired) electrons. The largest absolute Gasteiger partial charge is 0.512 e. The van der Waals surface area contributed by atoms with Crippen LogP contribution in [0.15, 0.2) is 127 Å². The molecule has 0 aliphatic carbocycles. The molecular formula is C30H30LaO6. The summed E-state index contributed by atoms with van der Waals surface area (Å²) >= 11 is 0. The summed E-state index contributed by atoms with van der Waals surface area (Å²) < 4.78 is 0. The first-order valence-electron chi connectivity index (χ1n) is 11.0. The van der Waals surface area contributed by atoms with Gasteiger partial charge in [0.05, 0.1) is 17.3 Å². The van der Waals surface area contributed by atoms with Gasteiger partial charge in [0.2, 0.25) is 0 Å². The van der Waals surface area contributed by atoms with E-state index in [-0.39, 0.29) is 70.2 Å². The molecule has 0 unspecified atom stereocenters. The van der Waals surface area contributed by atoms with Crippen molar-refractivity contribution in [3.8, 4) is 0 Å². The van der Waals surface area contributed by atoms with Gasteiger partial charge >= 0.3 is 0 Å². The number of carbonyl (C=O) groups is 3. The third kappa shape index (κ3) is 15.3. The van der Waals surface area contributed by atoms with E-state index >= 15 is 0 Å². The minimum absolute atomic E-state index is 0. The predicted octanol–water partition coefficient (Wildman–Crippen LogP) is 6.99. The molecule has 0 bridgehead atoms. The van der Waals surface area contributed by atoms with Gasteiger partial charge in [-0.2, -0.15) is 0 Å². The molecule has 0 saturated heterocycles. The maximum Gasteiger partial charge on any atom is 0.189 e. The molecule has 7 heteroatoms. The van der Waals surface area contributed by atoms with Crippen LogP contribution in [-0.2, 0) is 0 Å². The van der Waals surface area contributed by atoms with Crippen LogP contribution in [0.2, 0.25) is 0 Å². The molecular weight excluding hydrogens is 595 g/mol. The zero-order valence-electron chi connectivity index (χ0n) is 21.0. The molecule has 0 aromatic heterocycles. The molecule has 3 rings (SSSR count). The van der Waals surface area contributed by atoms with E-state index in [1.165, 1.54) is 39.0 Å². The Morgan fingerprint density at radius 3 is 0.811 bits per heavy atom. The minimum Gasteiger partial charge on any atom is -0.512 e. The second-order valence-corrected chi connectivity index (χ2v) is 7.55. The van der Waals surface area contributed by atoms with Crippen molar-refractivity contribution in [2.24, 2.45) is 0 Å². The number of allylic oxidation sites excluding steroid dienone is 6. The molecule has 3 aromatic carbocycles. The first-order valence-corrected chi connectivity index (χ1v) is 11.0. The van der Waals surface area contributed by atoms with Crippen molar-refractivity contribution in [3.05, 3.63) is 143 Å². The Labute approximate surface area is 245 Å². The van der Waals surface area contributed by atoms with Gasteiger partial charge in [0.15, 0.2) is 17.3 Å². The summed E-state index contributed by atoms with van der Waals surface area (Å²) in [6.45, 7) is 4.42.